The summed E-state index contributed by atoms with van der Waals surface area (Å²) in [5.41, 5.74) is 0. The summed E-state index contributed by atoms with van der Waals surface area (Å²) in [5.74, 6) is 0. The highest BCUT2D eigenvalue weighted by Gasteiger charge is 2.36. The van der Waals surface area contributed by atoms with Crippen LogP contribution in [0.5, 0.6) is 0 Å². The van der Waals surface area contributed by atoms with Crippen LogP contribution in [0.1, 0.15) is 19.3 Å². The zero-order valence-corrected chi connectivity index (χ0v) is 7.86. The van der Waals surface area contributed by atoms with Gasteiger partial charge in [0.1, 0.15) is 6.17 Å². The summed E-state index contributed by atoms with van der Waals surface area (Å²) >= 11 is 0. The van der Waals surface area contributed by atoms with Gasteiger partial charge < -0.3 is 14.7 Å². The molecule has 1 N–H and O–H groups in total. The van der Waals surface area contributed by atoms with Crippen LogP contribution in [0, 0.1) is 0 Å². The molecule has 0 aliphatic carbocycles. The molecule has 0 bridgehead atoms. The Hall–Kier alpha value is -0.840. The van der Waals surface area contributed by atoms with Crippen molar-refractivity contribution in [2.24, 2.45) is 0 Å². The van der Waals surface area contributed by atoms with Gasteiger partial charge in [-0.25, -0.2) is 9.18 Å². The lowest BCUT2D eigenvalue weighted by molar-refractivity contribution is 0.135. The number of hydrogen-bond acceptors (Lipinski definition) is 2. The SMILES string of the molecule is O=C(O)N1C[C@H](F)CC1CCC1CO1. The van der Waals surface area contributed by atoms with Crippen molar-refractivity contribution in [3.63, 3.8) is 0 Å². The predicted molar refractivity (Wildman–Crippen MR) is 47.0 cm³/mol. The van der Waals surface area contributed by atoms with Gasteiger partial charge in [0, 0.05) is 12.5 Å². The van der Waals surface area contributed by atoms with E-state index in [2.05, 4.69) is 0 Å². The van der Waals surface area contributed by atoms with Gasteiger partial charge in [-0.1, -0.05) is 0 Å². The molecule has 4 nitrogen and oxygen atoms in total. The Labute approximate surface area is 81.6 Å². The quantitative estimate of drug-likeness (QED) is 0.702. The van der Waals surface area contributed by atoms with Gasteiger partial charge in [0.15, 0.2) is 0 Å². The molecule has 0 radical (unpaired) electrons. The van der Waals surface area contributed by atoms with Gasteiger partial charge in [0.2, 0.25) is 0 Å². The first-order chi connectivity index (χ1) is 6.66. The van der Waals surface area contributed by atoms with E-state index in [1.54, 1.807) is 0 Å². The minimum atomic E-state index is -1.01. The fourth-order valence-corrected chi connectivity index (χ4v) is 1.98. The van der Waals surface area contributed by atoms with Crippen molar-refractivity contribution < 1.29 is 19.0 Å². The van der Waals surface area contributed by atoms with Gasteiger partial charge in [-0.15, -0.1) is 0 Å². The van der Waals surface area contributed by atoms with E-state index in [1.165, 1.54) is 4.90 Å². The van der Waals surface area contributed by atoms with Gasteiger partial charge in [-0.05, 0) is 12.8 Å². The summed E-state index contributed by atoms with van der Waals surface area (Å²) in [6, 6.07) is -0.147. The van der Waals surface area contributed by atoms with Crippen LogP contribution in [0.3, 0.4) is 0 Å². The monoisotopic (exact) mass is 203 g/mol. The van der Waals surface area contributed by atoms with E-state index >= 15 is 0 Å². The normalized spacial score (nSPS) is 36.1. The highest BCUT2D eigenvalue weighted by Crippen LogP contribution is 2.26. The summed E-state index contributed by atoms with van der Waals surface area (Å²) in [6.45, 7) is 0.810. The Balaban J connectivity index is 1.83. The third-order valence-electron chi connectivity index (χ3n) is 2.83. The molecule has 2 saturated heterocycles. The first kappa shape index (κ1) is 9.71. The van der Waals surface area contributed by atoms with Crippen LogP contribution < -0.4 is 0 Å². The second-order valence-corrected chi connectivity index (χ2v) is 3.95. The molecule has 2 rings (SSSR count). The number of hydrogen-bond donors (Lipinski definition) is 1. The Kier molecular flexibility index (Phi) is 2.58. The Morgan fingerprint density at radius 1 is 1.57 bits per heavy atom. The zero-order chi connectivity index (χ0) is 10.1. The first-order valence-electron chi connectivity index (χ1n) is 4.92. The Morgan fingerprint density at radius 2 is 2.29 bits per heavy atom. The van der Waals surface area contributed by atoms with Crippen molar-refractivity contribution in [2.45, 2.75) is 37.6 Å². The maximum Gasteiger partial charge on any atom is 0.407 e. The van der Waals surface area contributed by atoms with Crippen molar-refractivity contribution in [1.82, 2.24) is 4.90 Å². The van der Waals surface area contributed by atoms with Gasteiger partial charge in [0.25, 0.3) is 0 Å². The molecule has 0 aromatic carbocycles. The lowest BCUT2D eigenvalue weighted by Gasteiger charge is -2.20. The Morgan fingerprint density at radius 3 is 2.86 bits per heavy atom. The number of rotatable bonds is 3. The molecule has 3 atom stereocenters. The van der Waals surface area contributed by atoms with Gasteiger partial charge >= 0.3 is 6.09 Å². The summed E-state index contributed by atoms with van der Waals surface area (Å²) in [7, 11) is 0. The standard InChI is InChI=1S/C9H14FNO3/c10-6-3-7(1-2-8-5-14-8)11(4-6)9(12)13/h6-8H,1-5H2,(H,12,13)/t6-,7?,8?/m1/s1. The molecule has 14 heavy (non-hydrogen) atoms. The van der Waals surface area contributed by atoms with E-state index in [4.69, 9.17) is 9.84 Å². The molecule has 0 aromatic heterocycles. The number of alkyl halides is 1. The van der Waals surface area contributed by atoms with Gasteiger partial charge in [-0.3, -0.25) is 0 Å². The second-order valence-electron chi connectivity index (χ2n) is 3.95. The highest BCUT2D eigenvalue weighted by molar-refractivity contribution is 5.66. The van der Waals surface area contributed by atoms with E-state index in [9.17, 15) is 9.18 Å². The predicted octanol–water partition coefficient (Wildman–Crippen LogP) is 1.26. The topological polar surface area (TPSA) is 53.1 Å². The lowest BCUT2D eigenvalue weighted by atomic mass is 10.1. The van der Waals surface area contributed by atoms with E-state index in [-0.39, 0.29) is 12.6 Å². The molecule has 5 heteroatoms. The molecule has 2 aliphatic heterocycles. The van der Waals surface area contributed by atoms with E-state index in [0.29, 0.717) is 12.5 Å². The number of carbonyl (C=O) groups is 1. The van der Waals surface area contributed by atoms with E-state index < -0.39 is 12.3 Å². The van der Waals surface area contributed by atoms with Crippen molar-refractivity contribution in [2.75, 3.05) is 13.2 Å². The van der Waals surface area contributed by atoms with Crippen LogP contribution in [-0.4, -0.2) is 47.6 Å². The molecule has 2 unspecified atom stereocenters. The third kappa shape index (κ3) is 2.15. The number of amides is 1. The van der Waals surface area contributed by atoms with Crippen molar-refractivity contribution in [3.05, 3.63) is 0 Å². The molecule has 2 aliphatic rings. The van der Waals surface area contributed by atoms with E-state index in [0.717, 1.165) is 19.4 Å². The maximum atomic E-state index is 13.0. The van der Waals surface area contributed by atoms with Crippen LogP contribution in [0.2, 0.25) is 0 Å². The van der Waals surface area contributed by atoms with Gasteiger partial charge in [-0.2, -0.15) is 0 Å². The van der Waals surface area contributed by atoms with Crippen LogP contribution in [0.15, 0.2) is 0 Å². The average Bonchev–Trinajstić information content (AvgIpc) is 2.86. The molecular weight excluding hydrogens is 189 g/mol. The largest absolute Gasteiger partial charge is 0.465 e. The number of nitrogens with zero attached hydrogens (tertiary/aromatic N) is 1. The number of halogens is 1. The molecule has 2 heterocycles. The summed E-state index contributed by atoms with van der Waals surface area (Å²) in [5, 5.41) is 8.81. The van der Waals surface area contributed by atoms with Crippen molar-refractivity contribution in [1.29, 1.82) is 0 Å². The van der Waals surface area contributed by atoms with Crippen LogP contribution in [0.4, 0.5) is 9.18 Å². The molecule has 2 fully saturated rings. The summed E-state index contributed by atoms with van der Waals surface area (Å²) in [6.07, 6.45) is 0.213. The molecule has 1 amide bonds. The number of epoxide rings is 1. The maximum absolute atomic E-state index is 13.0. The number of carboxylic acid groups (broad SMARTS) is 1. The smallest absolute Gasteiger partial charge is 0.407 e. The van der Waals surface area contributed by atoms with Gasteiger partial charge in [0.05, 0.1) is 19.3 Å². The second kappa shape index (κ2) is 3.73. The van der Waals surface area contributed by atoms with Crippen molar-refractivity contribution >= 4 is 6.09 Å². The van der Waals surface area contributed by atoms with E-state index in [1.807, 2.05) is 0 Å². The average molecular weight is 203 g/mol. The molecule has 0 aromatic rings. The molecular formula is C9H14FNO3. The Bertz CT molecular complexity index is 232. The molecule has 0 spiro atoms. The highest BCUT2D eigenvalue weighted by atomic mass is 19.1. The fraction of sp³-hybridized carbons (Fsp3) is 0.889. The van der Waals surface area contributed by atoms with Crippen LogP contribution >= 0.6 is 0 Å². The minimum Gasteiger partial charge on any atom is -0.465 e. The zero-order valence-electron chi connectivity index (χ0n) is 7.86. The fourth-order valence-electron chi connectivity index (χ4n) is 1.98. The number of ether oxygens (including phenoxy) is 1. The first-order valence-corrected chi connectivity index (χ1v) is 4.92. The third-order valence-corrected chi connectivity index (χ3v) is 2.83. The van der Waals surface area contributed by atoms with Crippen LogP contribution in [-0.2, 0) is 4.74 Å². The lowest BCUT2D eigenvalue weighted by Crippen LogP contribution is -2.34. The molecule has 0 saturated carbocycles. The number of likely N-dealkylation sites (tertiary alicyclic amines) is 1. The molecule has 80 valence electrons. The van der Waals surface area contributed by atoms with Crippen molar-refractivity contribution in [3.8, 4) is 0 Å². The summed E-state index contributed by atoms with van der Waals surface area (Å²) < 4.78 is 18.0. The van der Waals surface area contributed by atoms with Crippen LogP contribution in [0.25, 0.3) is 0 Å². The minimum absolute atomic E-state index is 0.0333. The summed E-state index contributed by atoms with van der Waals surface area (Å²) in [4.78, 5) is 12.0.